The summed E-state index contributed by atoms with van der Waals surface area (Å²) in [6.45, 7) is 3.81. The second-order valence-electron chi connectivity index (χ2n) is 6.04. The Morgan fingerprint density at radius 3 is 2.38 bits per heavy atom. The van der Waals surface area contributed by atoms with Gasteiger partial charge in [0.25, 0.3) is 0 Å². The van der Waals surface area contributed by atoms with Crippen molar-refractivity contribution in [1.82, 2.24) is 10.6 Å². The van der Waals surface area contributed by atoms with E-state index in [1.807, 2.05) is 49.4 Å². The molecule has 8 nitrogen and oxygen atoms in total. The molecule has 0 unspecified atom stereocenters. The number of nitrogens with one attached hydrogen (secondary N) is 3. The zero-order chi connectivity index (χ0) is 21.1. The summed E-state index contributed by atoms with van der Waals surface area (Å²) in [7, 11) is 4.59. The first-order chi connectivity index (χ1) is 14.1. The first-order valence-electron chi connectivity index (χ1n) is 9.26. The summed E-state index contributed by atoms with van der Waals surface area (Å²) in [5.74, 6) is 2.19. The SMILES string of the molecule is CCNC(=NCc1ccc(NC(=O)OC)cc1)NCc1ccc(OC)cc1OC. The molecule has 0 aliphatic carbocycles. The number of benzene rings is 2. The minimum absolute atomic E-state index is 0.494. The molecule has 2 aromatic rings. The fraction of sp³-hybridized carbons (Fsp3) is 0.333. The van der Waals surface area contributed by atoms with E-state index in [0.717, 1.165) is 29.2 Å². The van der Waals surface area contributed by atoms with Crippen molar-refractivity contribution in [2.75, 3.05) is 33.2 Å². The summed E-state index contributed by atoms with van der Waals surface area (Å²) in [5, 5.41) is 9.16. The molecule has 0 saturated heterocycles. The molecule has 0 radical (unpaired) electrons. The zero-order valence-corrected chi connectivity index (χ0v) is 17.2. The van der Waals surface area contributed by atoms with Crippen LogP contribution in [0.15, 0.2) is 47.5 Å². The molecule has 8 heteroatoms. The zero-order valence-electron chi connectivity index (χ0n) is 17.2. The molecule has 0 heterocycles. The number of hydrogen-bond acceptors (Lipinski definition) is 5. The van der Waals surface area contributed by atoms with Gasteiger partial charge in [0, 0.05) is 30.4 Å². The lowest BCUT2D eigenvalue weighted by atomic mass is 10.2. The Balaban J connectivity index is 2.00. The molecule has 2 rings (SSSR count). The molecule has 1 amide bonds. The third-order valence-electron chi connectivity index (χ3n) is 4.09. The maximum absolute atomic E-state index is 11.2. The highest BCUT2D eigenvalue weighted by atomic mass is 16.5. The van der Waals surface area contributed by atoms with E-state index in [-0.39, 0.29) is 0 Å². The monoisotopic (exact) mass is 400 g/mol. The summed E-state index contributed by atoms with van der Waals surface area (Å²) in [6.07, 6.45) is -0.497. The van der Waals surface area contributed by atoms with E-state index in [4.69, 9.17) is 9.47 Å². The Kier molecular flexibility index (Phi) is 8.62. The minimum Gasteiger partial charge on any atom is -0.497 e. The van der Waals surface area contributed by atoms with Crippen molar-refractivity contribution in [1.29, 1.82) is 0 Å². The topological polar surface area (TPSA) is 93.2 Å². The number of carbonyl (C=O) groups is 1. The standard InChI is InChI=1S/C21H28N4O4/c1-5-22-20(24-14-16-8-11-18(27-2)12-19(16)28-3)23-13-15-6-9-17(10-7-15)25-21(26)29-4/h6-12H,5,13-14H2,1-4H3,(H,25,26)(H2,22,23,24). The maximum Gasteiger partial charge on any atom is 0.411 e. The first-order valence-corrected chi connectivity index (χ1v) is 9.26. The van der Waals surface area contributed by atoms with Gasteiger partial charge in [-0.3, -0.25) is 5.32 Å². The van der Waals surface area contributed by atoms with Crippen LogP contribution < -0.4 is 25.4 Å². The average molecular weight is 400 g/mol. The van der Waals surface area contributed by atoms with E-state index in [1.54, 1.807) is 14.2 Å². The van der Waals surface area contributed by atoms with Crippen molar-refractivity contribution < 1.29 is 19.0 Å². The number of methoxy groups -OCH3 is 3. The van der Waals surface area contributed by atoms with Crippen LogP contribution in [-0.4, -0.2) is 39.9 Å². The number of ether oxygens (including phenoxy) is 3. The third-order valence-corrected chi connectivity index (χ3v) is 4.09. The van der Waals surface area contributed by atoms with E-state index < -0.39 is 6.09 Å². The first kappa shape index (κ1) is 21.9. The van der Waals surface area contributed by atoms with Crippen LogP contribution in [0.2, 0.25) is 0 Å². The molecule has 0 atom stereocenters. The van der Waals surface area contributed by atoms with E-state index in [0.29, 0.717) is 24.7 Å². The summed E-state index contributed by atoms with van der Waals surface area (Å²) in [4.78, 5) is 15.8. The lowest BCUT2D eigenvalue weighted by Crippen LogP contribution is -2.36. The molecule has 2 aromatic carbocycles. The van der Waals surface area contributed by atoms with Crippen molar-refractivity contribution in [3.05, 3.63) is 53.6 Å². The largest absolute Gasteiger partial charge is 0.497 e. The van der Waals surface area contributed by atoms with Gasteiger partial charge in [0.1, 0.15) is 11.5 Å². The van der Waals surface area contributed by atoms with Crippen LogP contribution in [0.4, 0.5) is 10.5 Å². The predicted octanol–water partition coefficient (Wildman–Crippen LogP) is 3.14. The predicted molar refractivity (Wildman–Crippen MR) is 114 cm³/mol. The van der Waals surface area contributed by atoms with E-state index in [9.17, 15) is 4.79 Å². The average Bonchev–Trinajstić information content (AvgIpc) is 2.76. The third kappa shape index (κ3) is 6.91. The Labute approximate surface area is 171 Å². The number of anilines is 1. The van der Waals surface area contributed by atoms with Gasteiger partial charge in [0.2, 0.25) is 0 Å². The molecule has 0 fully saturated rings. The normalized spacial score (nSPS) is 10.8. The van der Waals surface area contributed by atoms with E-state index in [2.05, 4.69) is 25.7 Å². The van der Waals surface area contributed by atoms with Crippen molar-refractivity contribution in [2.24, 2.45) is 4.99 Å². The van der Waals surface area contributed by atoms with Gasteiger partial charge >= 0.3 is 6.09 Å². The molecule has 0 aromatic heterocycles. The highest BCUT2D eigenvalue weighted by molar-refractivity contribution is 5.84. The summed E-state index contributed by atoms with van der Waals surface area (Å²) >= 11 is 0. The summed E-state index contributed by atoms with van der Waals surface area (Å²) < 4.78 is 15.2. The van der Waals surface area contributed by atoms with Crippen LogP contribution in [0.1, 0.15) is 18.1 Å². The Morgan fingerprint density at radius 2 is 1.76 bits per heavy atom. The van der Waals surface area contributed by atoms with Gasteiger partial charge in [-0.2, -0.15) is 0 Å². The quantitative estimate of drug-likeness (QED) is 0.466. The molecule has 29 heavy (non-hydrogen) atoms. The number of guanidine groups is 1. The smallest absolute Gasteiger partial charge is 0.411 e. The van der Waals surface area contributed by atoms with Gasteiger partial charge in [-0.25, -0.2) is 9.79 Å². The molecule has 0 aliphatic heterocycles. The van der Waals surface area contributed by atoms with Gasteiger partial charge in [-0.1, -0.05) is 12.1 Å². The number of amides is 1. The number of nitrogens with zero attached hydrogens (tertiary/aromatic N) is 1. The summed E-state index contributed by atoms with van der Waals surface area (Å²) in [5.41, 5.74) is 2.68. The van der Waals surface area contributed by atoms with Gasteiger partial charge in [-0.05, 0) is 36.8 Å². The van der Waals surface area contributed by atoms with Gasteiger partial charge < -0.3 is 24.8 Å². The fourth-order valence-electron chi connectivity index (χ4n) is 2.55. The number of rotatable bonds is 8. The molecule has 156 valence electrons. The van der Waals surface area contributed by atoms with Crippen LogP contribution >= 0.6 is 0 Å². The molecule has 3 N–H and O–H groups in total. The maximum atomic E-state index is 11.2. The van der Waals surface area contributed by atoms with Gasteiger partial charge in [0.05, 0.1) is 27.9 Å². The number of hydrogen-bond donors (Lipinski definition) is 3. The van der Waals surface area contributed by atoms with Crippen LogP contribution in [0.5, 0.6) is 11.5 Å². The van der Waals surface area contributed by atoms with Gasteiger partial charge in [0.15, 0.2) is 5.96 Å². The second-order valence-corrected chi connectivity index (χ2v) is 6.04. The Morgan fingerprint density at radius 1 is 1.00 bits per heavy atom. The van der Waals surface area contributed by atoms with Crippen molar-refractivity contribution in [2.45, 2.75) is 20.0 Å². The Hall–Kier alpha value is -3.42. The molecule has 0 saturated carbocycles. The minimum atomic E-state index is -0.497. The van der Waals surface area contributed by atoms with Crippen molar-refractivity contribution >= 4 is 17.7 Å². The van der Waals surface area contributed by atoms with Crippen molar-refractivity contribution in [3.8, 4) is 11.5 Å². The van der Waals surface area contributed by atoms with Crippen LogP contribution in [-0.2, 0) is 17.8 Å². The molecule has 0 spiro atoms. The Bertz CT molecular complexity index is 822. The highest BCUT2D eigenvalue weighted by Gasteiger charge is 2.06. The molecule has 0 aliphatic rings. The molecular weight excluding hydrogens is 372 g/mol. The lowest BCUT2D eigenvalue weighted by molar-refractivity contribution is 0.187. The lowest BCUT2D eigenvalue weighted by Gasteiger charge is -2.14. The van der Waals surface area contributed by atoms with Crippen LogP contribution in [0.25, 0.3) is 0 Å². The molecule has 0 bridgehead atoms. The van der Waals surface area contributed by atoms with Gasteiger partial charge in [-0.15, -0.1) is 0 Å². The van der Waals surface area contributed by atoms with E-state index >= 15 is 0 Å². The molecular formula is C21H28N4O4. The van der Waals surface area contributed by atoms with Crippen LogP contribution in [0, 0.1) is 0 Å². The number of carbonyl (C=O) groups excluding carboxylic acids is 1. The fourth-order valence-corrected chi connectivity index (χ4v) is 2.55. The summed E-state index contributed by atoms with van der Waals surface area (Å²) in [6, 6.07) is 13.1. The highest BCUT2D eigenvalue weighted by Crippen LogP contribution is 2.24. The second kappa shape index (κ2) is 11.4. The van der Waals surface area contributed by atoms with E-state index in [1.165, 1.54) is 7.11 Å². The van der Waals surface area contributed by atoms with Crippen molar-refractivity contribution in [3.63, 3.8) is 0 Å². The van der Waals surface area contributed by atoms with Crippen LogP contribution in [0.3, 0.4) is 0 Å². The number of aliphatic imine (C=N–C) groups is 1.